The van der Waals surface area contributed by atoms with Crippen molar-refractivity contribution >= 4 is 47.6 Å². The lowest BCUT2D eigenvalue weighted by Gasteiger charge is -2.05. The van der Waals surface area contributed by atoms with Crippen LogP contribution in [0.3, 0.4) is 0 Å². The van der Waals surface area contributed by atoms with Crippen LogP contribution < -0.4 is 45.9 Å². The van der Waals surface area contributed by atoms with Crippen molar-refractivity contribution in [2.75, 3.05) is 19.7 Å². The number of hydrogen-bond acceptors (Lipinski definition) is 16. The average molecular weight is 715 g/mol. The number of benzene rings is 1. The van der Waals surface area contributed by atoms with E-state index < -0.39 is 78.4 Å². The number of carbonyl (C=O) groups excluding carboxylic acids is 2. The van der Waals surface area contributed by atoms with E-state index in [0.29, 0.717) is 0 Å². The summed E-state index contributed by atoms with van der Waals surface area (Å²) in [7, 11) is 0. The SMILES string of the molecule is NC(=O)CC(N)C(=O)O.NC(=O)CCC(N)C(=O)O.NC(CO)C(=O)O.NC(Cc1ccc(O)cc1)C(=O)O.NCC(=O)O.NCC(=O)O. The number of aliphatic carboxylic acids is 6. The molecule has 0 aliphatic carbocycles. The number of aliphatic hydroxyl groups is 1. The number of amides is 2. The quantitative estimate of drug-likeness (QED) is 0.0851. The third kappa shape index (κ3) is 44.7. The fourth-order valence-electron chi connectivity index (χ4n) is 1.78. The molecule has 0 fully saturated rings. The van der Waals surface area contributed by atoms with Crippen molar-refractivity contribution in [1.82, 2.24) is 0 Å². The van der Waals surface area contributed by atoms with E-state index >= 15 is 0 Å². The molecule has 0 saturated carbocycles. The molecule has 4 atom stereocenters. The number of aromatic hydroxyl groups is 1. The largest absolute Gasteiger partial charge is 0.508 e. The standard InChI is InChI=1S/C9H11NO3.C5H10N2O3.C4H8N2O3.C3H7NO3.2C2H5NO2/c10-8(9(12)13)5-6-1-3-7(11)4-2-6;6-3(5(9)10)1-2-4(7)8;5-2(4(8)9)1-3(6)7;4-2(1-5)3(6)7;2*3-1-2(4)5/h1-4,8,11H,5,10H2,(H,12,13);3H,1-2,6H2,(H2,7,8)(H,9,10);2H,1,5H2,(H2,6,7)(H,8,9);2,5H,1,4H2,(H,6,7);2*1,3H2,(H,4,5). The number of phenols is 1. The average Bonchev–Trinajstić information content (AvgIpc) is 3.01. The fourth-order valence-corrected chi connectivity index (χ4v) is 1.78. The second-order valence-corrected chi connectivity index (χ2v) is 8.70. The Bertz CT molecular complexity index is 1140. The van der Waals surface area contributed by atoms with E-state index in [1.54, 1.807) is 12.1 Å². The Hall–Kier alpha value is -5.50. The molecule has 1 aromatic rings. The minimum atomic E-state index is -1.21. The van der Waals surface area contributed by atoms with Gasteiger partial charge in [0.1, 0.15) is 29.9 Å². The van der Waals surface area contributed by atoms with Crippen molar-refractivity contribution < 1.29 is 79.2 Å². The maximum atomic E-state index is 10.4. The van der Waals surface area contributed by atoms with E-state index in [0.717, 1.165) is 5.56 Å². The normalized spacial score (nSPS) is 11.6. The number of nitrogens with two attached hydrogens (primary N) is 8. The van der Waals surface area contributed by atoms with Gasteiger partial charge in [-0.3, -0.25) is 38.4 Å². The second-order valence-electron chi connectivity index (χ2n) is 8.70. The van der Waals surface area contributed by atoms with Gasteiger partial charge in [-0.15, -0.1) is 0 Å². The first-order valence-corrected chi connectivity index (χ1v) is 13.1. The Morgan fingerprint density at radius 1 is 0.571 bits per heavy atom. The van der Waals surface area contributed by atoms with Gasteiger partial charge < -0.3 is 86.7 Å². The third-order valence-corrected chi connectivity index (χ3v) is 4.33. The molecule has 1 rings (SSSR count). The summed E-state index contributed by atoms with van der Waals surface area (Å²) in [6.45, 7) is -1.06. The Labute approximate surface area is 278 Å². The summed E-state index contributed by atoms with van der Waals surface area (Å²) in [4.78, 5) is 78.6. The molecule has 0 radical (unpaired) electrons. The van der Waals surface area contributed by atoms with E-state index in [1.165, 1.54) is 12.1 Å². The molecule has 0 aliphatic heterocycles. The summed E-state index contributed by atoms with van der Waals surface area (Å²) in [5.41, 5.74) is 39.4. The van der Waals surface area contributed by atoms with Crippen molar-refractivity contribution in [2.45, 2.75) is 49.9 Å². The van der Waals surface area contributed by atoms with E-state index in [2.05, 4.69) is 17.2 Å². The first-order valence-electron chi connectivity index (χ1n) is 13.1. The number of phenolic OH excluding ortho intramolecular Hbond substituents is 1. The monoisotopic (exact) mass is 714 g/mol. The van der Waals surface area contributed by atoms with Gasteiger partial charge in [-0.1, -0.05) is 12.1 Å². The van der Waals surface area contributed by atoms with Crippen LogP contribution in [-0.2, 0) is 44.8 Å². The van der Waals surface area contributed by atoms with E-state index in [1.807, 2.05) is 0 Å². The number of aliphatic hydroxyl groups excluding tert-OH is 1. The molecule has 24 N–H and O–H groups in total. The lowest BCUT2D eigenvalue weighted by molar-refractivity contribution is -0.140. The van der Waals surface area contributed by atoms with E-state index in [-0.39, 0.29) is 44.5 Å². The number of hydrogen-bond donors (Lipinski definition) is 16. The Morgan fingerprint density at radius 3 is 1.12 bits per heavy atom. The third-order valence-electron chi connectivity index (χ3n) is 4.33. The molecule has 282 valence electrons. The fraction of sp³-hybridized carbons (Fsp3) is 0.440. The number of primary amides is 2. The van der Waals surface area contributed by atoms with Crippen LogP contribution in [0.2, 0.25) is 0 Å². The van der Waals surface area contributed by atoms with Crippen molar-refractivity contribution in [3.63, 3.8) is 0 Å². The van der Waals surface area contributed by atoms with Gasteiger partial charge in [0.2, 0.25) is 11.8 Å². The maximum absolute atomic E-state index is 10.4. The van der Waals surface area contributed by atoms with Gasteiger partial charge in [-0.25, -0.2) is 0 Å². The van der Waals surface area contributed by atoms with Gasteiger partial charge in [0.25, 0.3) is 0 Å². The molecule has 49 heavy (non-hydrogen) atoms. The molecule has 24 heteroatoms. The van der Waals surface area contributed by atoms with E-state index in [4.69, 9.17) is 69.5 Å². The summed E-state index contributed by atoms with van der Waals surface area (Å²) >= 11 is 0. The second kappa shape index (κ2) is 32.4. The zero-order valence-electron chi connectivity index (χ0n) is 26.0. The van der Waals surface area contributed by atoms with Crippen molar-refractivity contribution in [1.29, 1.82) is 0 Å². The summed E-state index contributed by atoms with van der Waals surface area (Å²) in [5.74, 6) is -7.53. The molecule has 0 aromatic heterocycles. The van der Waals surface area contributed by atoms with Gasteiger partial charge >= 0.3 is 35.8 Å². The summed E-state index contributed by atoms with van der Waals surface area (Å²) in [5, 5.41) is 64.9. The molecule has 0 heterocycles. The Kier molecular flexibility index (Phi) is 35.1. The molecular weight excluding hydrogens is 668 g/mol. The molecule has 24 nitrogen and oxygen atoms in total. The van der Waals surface area contributed by atoms with Crippen LogP contribution in [0.5, 0.6) is 5.75 Å². The highest BCUT2D eigenvalue weighted by Crippen LogP contribution is 2.10. The van der Waals surface area contributed by atoms with Crippen molar-refractivity contribution in [3.8, 4) is 5.75 Å². The molecule has 1 aromatic carbocycles. The zero-order chi connectivity index (χ0) is 39.9. The minimum absolute atomic E-state index is 0.0213. The number of carbonyl (C=O) groups is 8. The predicted octanol–water partition coefficient (Wildman–Crippen LogP) is -6.27. The molecular formula is C25H46N8O16. The highest BCUT2D eigenvalue weighted by atomic mass is 16.4. The van der Waals surface area contributed by atoms with Crippen LogP contribution in [0.25, 0.3) is 0 Å². The summed E-state index contributed by atoms with van der Waals surface area (Å²) < 4.78 is 0. The van der Waals surface area contributed by atoms with Gasteiger partial charge in [0.05, 0.1) is 26.1 Å². The van der Waals surface area contributed by atoms with Crippen LogP contribution in [-0.4, -0.2) is 132 Å². The van der Waals surface area contributed by atoms with Crippen LogP contribution in [0.1, 0.15) is 24.8 Å². The van der Waals surface area contributed by atoms with Crippen molar-refractivity contribution in [3.05, 3.63) is 29.8 Å². The molecule has 4 unspecified atom stereocenters. The van der Waals surface area contributed by atoms with Crippen LogP contribution in [0.15, 0.2) is 24.3 Å². The first kappa shape index (κ1) is 53.0. The minimum Gasteiger partial charge on any atom is -0.508 e. The first-order chi connectivity index (χ1) is 22.4. The predicted molar refractivity (Wildman–Crippen MR) is 167 cm³/mol. The van der Waals surface area contributed by atoms with Crippen LogP contribution in [0, 0.1) is 0 Å². The summed E-state index contributed by atoms with van der Waals surface area (Å²) in [6, 6.07) is 2.16. The maximum Gasteiger partial charge on any atom is 0.322 e. The number of carboxylic acid groups (broad SMARTS) is 6. The van der Waals surface area contributed by atoms with Gasteiger partial charge in [-0.2, -0.15) is 0 Å². The smallest absolute Gasteiger partial charge is 0.322 e. The topological polar surface area (TPSA) is 507 Å². The number of carboxylic acids is 6. The van der Waals surface area contributed by atoms with E-state index in [9.17, 15) is 38.4 Å². The van der Waals surface area contributed by atoms with Gasteiger partial charge in [0.15, 0.2) is 0 Å². The Morgan fingerprint density at radius 2 is 0.918 bits per heavy atom. The molecule has 0 spiro atoms. The highest BCUT2D eigenvalue weighted by Gasteiger charge is 2.14. The molecule has 0 saturated heterocycles. The zero-order valence-corrected chi connectivity index (χ0v) is 26.0. The Balaban J connectivity index is -0.000000164. The lowest BCUT2D eigenvalue weighted by Crippen LogP contribution is -2.34. The highest BCUT2D eigenvalue weighted by molar-refractivity contribution is 5.83. The van der Waals surface area contributed by atoms with Gasteiger partial charge in [-0.05, 0) is 30.5 Å². The molecule has 0 bridgehead atoms. The number of rotatable bonds is 14. The lowest BCUT2D eigenvalue weighted by atomic mass is 10.1. The van der Waals surface area contributed by atoms with Crippen LogP contribution in [0.4, 0.5) is 0 Å². The molecule has 2 amide bonds. The van der Waals surface area contributed by atoms with Gasteiger partial charge in [0, 0.05) is 6.42 Å². The van der Waals surface area contributed by atoms with Crippen molar-refractivity contribution in [2.24, 2.45) is 45.9 Å². The summed E-state index contributed by atoms with van der Waals surface area (Å²) in [6.07, 6.45) is 0.0864. The molecule has 0 aliphatic rings. The van der Waals surface area contributed by atoms with Crippen LogP contribution >= 0.6 is 0 Å².